The minimum absolute atomic E-state index is 0.426. The number of benzene rings is 1. The van der Waals surface area contributed by atoms with Crippen LogP contribution in [0.5, 0.6) is 0 Å². The minimum Gasteiger partial charge on any atom is -0.391 e. The molecule has 2 heterocycles. The Hall–Kier alpha value is -2.53. The van der Waals surface area contributed by atoms with Crippen LogP contribution in [0.25, 0.3) is 11.0 Å². The van der Waals surface area contributed by atoms with Crippen LogP contribution in [0.1, 0.15) is 5.56 Å². The van der Waals surface area contributed by atoms with Gasteiger partial charge in [0.15, 0.2) is 5.65 Å². The van der Waals surface area contributed by atoms with E-state index in [0.29, 0.717) is 24.4 Å². The van der Waals surface area contributed by atoms with Gasteiger partial charge in [0.25, 0.3) is 0 Å². The van der Waals surface area contributed by atoms with E-state index in [9.17, 15) is 5.11 Å². The topological polar surface area (TPSA) is 70.9 Å². The van der Waals surface area contributed by atoms with Crippen LogP contribution >= 0.6 is 0 Å². The quantitative estimate of drug-likeness (QED) is 0.748. The van der Waals surface area contributed by atoms with Gasteiger partial charge in [0.05, 0.1) is 11.5 Å². The highest BCUT2D eigenvalue weighted by atomic mass is 16.3. The number of hydrogen-bond acceptors (Lipinski definition) is 5. The summed E-state index contributed by atoms with van der Waals surface area (Å²) in [5.41, 5.74) is 1.76. The highest BCUT2D eigenvalue weighted by Crippen LogP contribution is 2.16. The average molecular weight is 280 g/mol. The monoisotopic (exact) mass is 280 g/mol. The molecule has 1 atom stereocenters. The first-order valence-electron chi connectivity index (χ1n) is 6.84. The molecule has 3 aromatic rings. The zero-order valence-corrected chi connectivity index (χ0v) is 11.5. The fourth-order valence-corrected chi connectivity index (χ4v) is 2.21. The molecule has 0 amide bonds. The molecule has 1 aromatic carbocycles. The highest BCUT2D eigenvalue weighted by molar-refractivity contribution is 5.85. The van der Waals surface area contributed by atoms with Crippen molar-refractivity contribution in [2.75, 3.05) is 11.9 Å². The number of nitrogens with one attached hydrogen (secondary N) is 1. The summed E-state index contributed by atoms with van der Waals surface area (Å²) < 4.78 is 0. The Labute approximate surface area is 122 Å². The van der Waals surface area contributed by atoms with Crippen LogP contribution in [0, 0.1) is 0 Å². The van der Waals surface area contributed by atoms with Crippen LogP contribution in [-0.2, 0) is 6.42 Å². The Balaban J connectivity index is 1.66. The second-order valence-electron chi connectivity index (χ2n) is 4.82. The van der Waals surface area contributed by atoms with Gasteiger partial charge in [-0.15, -0.1) is 0 Å². The molecule has 2 N–H and O–H groups in total. The van der Waals surface area contributed by atoms with Crippen molar-refractivity contribution in [3.05, 3.63) is 60.6 Å². The molecule has 0 saturated heterocycles. The lowest BCUT2D eigenvalue weighted by molar-refractivity contribution is 0.188. The summed E-state index contributed by atoms with van der Waals surface area (Å²) in [6.07, 6.45) is 3.30. The van der Waals surface area contributed by atoms with Gasteiger partial charge in [-0.2, -0.15) is 0 Å². The molecule has 5 nitrogen and oxygen atoms in total. The van der Waals surface area contributed by atoms with Gasteiger partial charge in [0.2, 0.25) is 0 Å². The Kier molecular flexibility index (Phi) is 4.02. The van der Waals surface area contributed by atoms with Crippen molar-refractivity contribution < 1.29 is 5.11 Å². The summed E-state index contributed by atoms with van der Waals surface area (Å²) in [5, 5.41) is 14.1. The van der Waals surface area contributed by atoms with E-state index in [0.717, 1.165) is 10.9 Å². The summed E-state index contributed by atoms with van der Waals surface area (Å²) >= 11 is 0. The molecule has 0 bridgehead atoms. The third-order valence-corrected chi connectivity index (χ3v) is 3.23. The lowest BCUT2D eigenvalue weighted by Gasteiger charge is -2.13. The van der Waals surface area contributed by atoms with E-state index in [1.54, 1.807) is 6.20 Å². The molecular formula is C16H16N4O. The van der Waals surface area contributed by atoms with Crippen LogP contribution < -0.4 is 5.32 Å². The first-order chi connectivity index (χ1) is 10.3. The number of aliphatic hydroxyl groups is 1. The van der Waals surface area contributed by atoms with Crippen molar-refractivity contribution in [3.8, 4) is 0 Å². The van der Waals surface area contributed by atoms with Crippen molar-refractivity contribution in [1.29, 1.82) is 0 Å². The maximum absolute atomic E-state index is 10.1. The Morgan fingerprint density at radius 1 is 1.00 bits per heavy atom. The molecule has 2 aromatic heterocycles. The van der Waals surface area contributed by atoms with E-state index >= 15 is 0 Å². The third kappa shape index (κ3) is 3.32. The summed E-state index contributed by atoms with van der Waals surface area (Å²) in [5.74, 6) is 0.695. The van der Waals surface area contributed by atoms with Crippen LogP contribution in [0.15, 0.2) is 55.0 Å². The van der Waals surface area contributed by atoms with Crippen molar-refractivity contribution in [3.63, 3.8) is 0 Å². The number of nitrogens with zero attached hydrogens (tertiary/aromatic N) is 3. The molecule has 106 valence electrons. The number of aromatic nitrogens is 3. The van der Waals surface area contributed by atoms with Gasteiger partial charge in [0, 0.05) is 19.2 Å². The fraction of sp³-hybridized carbons (Fsp3) is 0.188. The third-order valence-electron chi connectivity index (χ3n) is 3.23. The molecule has 0 radical (unpaired) electrons. The normalized spacial score (nSPS) is 12.2. The molecule has 0 fully saturated rings. The predicted octanol–water partition coefficient (Wildman–Crippen LogP) is 2.04. The summed E-state index contributed by atoms with van der Waals surface area (Å²) in [6.45, 7) is 0.426. The van der Waals surface area contributed by atoms with Gasteiger partial charge >= 0.3 is 0 Å². The van der Waals surface area contributed by atoms with E-state index < -0.39 is 6.10 Å². The van der Waals surface area contributed by atoms with Crippen LogP contribution in [0.2, 0.25) is 0 Å². The molecular weight excluding hydrogens is 264 g/mol. The highest BCUT2D eigenvalue weighted by Gasteiger charge is 2.08. The Morgan fingerprint density at radius 3 is 2.71 bits per heavy atom. The standard InChI is InChI=1S/C16H16N4O/c21-13(9-12-5-2-1-3-6-12)10-18-16-14-7-4-8-17-15(14)19-11-20-16/h1-8,11,13,21H,9-10H2,(H,17,18,19,20). The summed E-state index contributed by atoms with van der Waals surface area (Å²) in [4.78, 5) is 12.5. The second-order valence-corrected chi connectivity index (χ2v) is 4.82. The molecule has 0 aliphatic carbocycles. The second kappa shape index (κ2) is 6.28. The number of fused-ring (bicyclic) bond motifs is 1. The summed E-state index contributed by atoms with van der Waals surface area (Å²) in [7, 11) is 0. The average Bonchev–Trinajstić information content (AvgIpc) is 2.54. The first-order valence-corrected chi connectivity index (χ1v) is 6.84. The molecule has 0 aliphatic rings. The maximum Gasteiger partial charge on any atom is 0.164 e. The maximum atomic E-state index is 10.1. The number of rotatable bonds is 5. The first kappa shape index (κ1) is 13.5. The van der Waals surface area contributed by atoms with E-state index in [-0.39, 0.29) is 0 Å². The van der Waals surface area contributed by atoms with Gasteiger partial charge in [-0.05, 0) is 17.7 Å². The molecule has 0 saturated carbocycles. The minimum atomic E-state index is -0.478. The fourth-order valence-electron chi connectivity index (χ4n) is 2.21. The number of anilines is 1. The number of hydrogen-bond donors (Lipinski definition) is 2. The molecule has 0 aliphatic heterocycles. The number of aliphatic hydroxyl groups excluding tert-OH is 1. The SMILES string of the molecule is OC(CNc1ncnc2ncccc12)Cc1ccccc1. The van der Waals surface area contributed by atoms with Gasteiger partial charge in [0.1, 0.15) is 12.1 Å². The molecule has 0 spiro atoms. The van der Waals surface area contributed by atoms with Gasteiger partial charge in [-0.3, -0.25) is 0 Å². The largest absolute Gasteiger partial charge is 0.391 e. The zero-order valence-electron chi connectivity index (χ0n) is 11.5. The van der Waals surface area contributed by atoms with Gasteiger partial charge in [-0.25, -0.2) is 15.0 Å². The Bertz CT molecular complexity index is 712. The van der Waals surface area contributed by atoms with Gasteiger partial charge < -0.3 is 10.4 Å². The zero-order chi connectivity index (χ0) is 14.5. The smallest absolute Gasteiger partial charge is 0.164 e. The van der Waals surface area contributed by atoms with Crippen molar-refractivity contribution in [1.82, 2.24) is 15.0 Å². The molecule has 1 unspecified atom stereocenters. The predicted molar refractivity (Wildman–Crippen MR) is 82.0 cm³/mol. The van der Waals surface area contributed by atoms with Crippen LogP contribution in [0.4, 0.5) is 5.82 Å². The van der Waals surface area contributed by atoms with Crippen molar-refractivity contribution in [2.45, 2.75) is 12.5 Å². The Morgan fingerprint density at radius 2 is 1.86 bits per heavy atom. The van der Waals surface area contributed by atoms with Crippen LogP contribution in [-0.4, -0.2) is 32.7 Å². The summed E-state index contributed by atoms with van der Waals surface area (Å²) in [6, 6.07) is 13.7. The molecule has 5 heteroatoms. The van der Waals surface area contributed by atoms with E-state index in [1.807, 2.05) is 42.5 Å². The van der Waals surface area contributed by atoms with E-state index in [4.69, 9.17) is 0 Å². The number of pyridine rings is 1. The lowest BCUT2D eigenvalue weighted by atomic mass is 10.1. The van der Waals surface area contributed by atoms with E-state index in [2.05, 4.69) is 20.3 Å². The molecule has 3 rings (SSSR count). The lowest BCUT2D eigenvalue weighted by Crippen LogP contribution is -2.22. The van der Waals surface area contributed by atoms with Crippen molar-refractivity contribution >= 4 is 16.9 Å². The van der Waals surface area contributed by atoms with Crippen molar-refractivity contribution in [2.24, 2.45) is 0 Å². The van der Waals surface area contributed by atoms with Gasteiger partial charge in [-0.1, -0.05) is 30.3 Å². The van der Waals surface area contributed by atoms with E-state index in [1.165, 1.54) is 6.33 Å². The van der Waals surface area contributed by atoms with Crippen LogP contribution in [0.3, 0.4) is 0 Å². The molecule has 21 heavy (non-hydrogen) atoms.